The largest absolute Gasteiger partial charge is 0.493 e. The van der Waals surface area contributed by atoms with E-state index in [9.17, 15) is 14.9 Å². The Morgan fingerprint density at radius 2 is 1.89 bits per heavy atom. The van der Waals surface area contributed by atoms with Crippen molar-refractivity contribution in [1.29, 1.82) is 5.41 Å². The van der Waals surface area contributed by atoms with Crippen molar-refractivity contribution in [2.45, 2.75) is 19.8 Å². The fourth-order valence-electron chi connectivity index (χ4n) is 3.38. The Labute approximate surface area is 211 Å². The molecule has 2 aliphatic rings. The third-order valence-electron chi connectivity index (χ3n) is 5.12. The SMILES string of the molecule is CCCC1=NN2C(=N)/C(=C/c3ccc(OCCOc4ccc([N+](=O)[O-])cc4)c(OC)c3)C(=O)N=C2S1. The van der Waals surface area contributed by atoms with E-state index >= 15 is 0 Å². The minimum Gasteiger partial charge on any atom is -0.493 e. The number of amidine groups is 2. The summed E-state index contributed by atoms with van der Waals surface area (Å²) in [6.45, 7) is 2.46. The van der Waals surface area contributed by atoms with Crippen molar-refractivity contribution in [2.75, 3.05) is 20.3 Å². The van der Waals surface area contributed by atoms with E-state index in [-0.39, 0.29) is 30.3 Å². The van der Waals surface area contributed by atoms with Crippen molar-refractivity contribution in [3.8, 4) is 17.2 Å². The van der Waals surface area contributed by atoms with Crippen LogP contribution in [0.3, 0.4) is 0 Å². The first kappa shape index (κ1) is 24.9. The lowest BCUT2D eigenvalue weighted by molar-refractivity contribution is -0.384. The first-order valence-electron chi connectivity index (χ1n) is 11.1. The fraction of sp³-hybridized carbons (Fsp3) is 0.250. The molecule has 0 aliphatic carbocycles. The number of non-ortho nitro benzene ring substituents is 1. The first-order chi connectivity index (χ1) is 17.4. The molecule has 0 fully saturated rings. The Morgan fingerprint density at radius 1 is 1.14 bits per heavy atom. The molecule has 2 heterocycles. The number of ether oxygens (including phenoxy) is 3. The Kier molecular flexibility index (Phi) is 7.64. The molecule has 2 aliphatic heterocycles. The highest BCUT2D eigenvalue weighted by Crippen LogP contribution is 2.32. The van der Waals surface area contributed by atoms with Crippen LogP contribution in [0.25, 0.3) is 6.08 Å². The molecule has 1 N–H and O–H groups in total. The van der Waals surface area contributed by atoms with Crippen LogP contribution in [-0.2, 0) is 4.79 Å². The molecular formula is C24H23N5O6S. The fourth-order valence-corrected chi connectivity index (χ4v) is 4.37. The Bertz CT molecular complexity index is 1290. The molecular weight excluding hydrogens is 486 g/mol. The topological polar surface area (TPSA) is 140 Å². The molecule has 0 saturated heterocycles. The predicted molar refractivity (Wildman–Crippen MR) is 137 cm³/mol. The van der Waals surface area contributed by atoms with Crippen molar-refractivity contribution in [3.05, 3.63) is 63.7 Å². The summed E-state index contributed by atoms with van der Waals surface area (Å²) in [5.74, 6) is 0.896. The van der Waals surface area contributed by atoms with Crippen molar-refractivity contribution < 1.29 is 23.9 Å². The summed E-state index contributed by atoms with van der Waals surface area (Å²) in [5, 5.41) is 26.2. The number of hydrazone groups is 1. The number of thioether (sulfide) groups is 1. The van der Waals surface area contributed by atoms with Gasteiger partial charge < -0.3 is 14.2 Å². The summed E-state index contributed by atoms with van der Waals surface area (Å²) in [7, 11) is 1.50. The minimum atomic E-state index is -0.491. The average molecular weight is 510 g/mol. The molecule has 2 aromatic rings. The van der Waals surface area contributed by atoms with Gasteiger partial charge in [0.25, 0.3) is 11.6 Å². The van der Waals surface area contributed by atoms with Gasteiger partial charge in [-0.3, -0.25) is 20.3 Å². The molecule has 0 saturated carbocycles. The number of nitro groups is 1. The van der Waals surface area contributed by atoms with E-state index in [0.717, 1.165) is 17.9 Å². The summed E-state index contributed by atoms with van der Waals surface area (Å²) >= 11 is 1.32. The second-order valence-electron chi connectivity index (χ2n) is 7.62. The normalized spacial score (nSPS) is 15.9. The van der Waals surface area contributed by atoms with Gasteiger partial charge in [-0.05, 0) is 60.5 Å². The summed E-state index contributed by atoms with van der Waals surface area (Å²) in [4.78, 5) is 26.9. The highest BCUT2D eigenvalue weighted by Gasteiger charge is 2.35. The lowest BCUT2D eigenvalue weighted by Gasteiger charge is -2.20. The van der Waals surface area contributed by atoms with Crippen LogP contribution in [0.5, 0.6) is 17.2 Å². The van der Waals surface area contributed by atoms with Crippen molar-refractivity contribution >= 4 is 45.5 Å². The van der Waals surface area contributed by atoms with Crippen LogP contribution < -0.4 is 14.2 Å². The average Bonchev–Trinajstić information content (AvgIpc) is 3.27. The van der Waals surface area contributed by atoms with Crippen LogP contribution in [0.15, 0.2) is 58.1 Å². The molecule has 2 aromatic carbocycles. The van der Waals surface area contributed by atoms with Gasteiger partial charge in [-0.2, -0.15) is 15.1 Å². The Hall–Kier alpha value is -4.19. The van der Waals surface area contributed by atoms with Gasteiger partial charge in [-0.25, -0.2) is 0 Å². The number of carbonyl (C=O) groups is 1. The lowest BCUT2D eigenvalue weighted by Crippen LogP contribution is -2.35. The molecule has 36 heavy (non-hydrogen) atoms. The van der Waals surface area contributed by atoms with Crippen LogP contribution >= 0.6 is 11.8 Å². The molecule has 0 atom stereocenters. The van der Waals surface area contributed by atoms with Crippen molar-refractivity contribution in [2.24, 2.45) is 10.1 Å². The van der Waals surface area contributed by atoms with Crippen LogP contribution in [-0.4, -0.2) is 52.2 Å². The zero-order valence-electron chi connectivity index (χ0n) is 19.6. The summed E-state index contributed by atoms with van der Waals surface area (Å²) in [6, 6.07) is 10.9. The molecule has 11 nitrogen and oxygen atoms in total. The zero-order chi connectivity index (χ0) is 25.7. The maximum Gasteiger partial charge on any atom is 0.283 e. The monoisotopic (exact) mass is 509 g/mol. The van der Waals surface area contributed by atoms with Crippen LogP contribution in [0.4, 0.5) is 5.69 Å². The molecule has 0 unspecified atom stereocenters. The van der Waals surface area contributed by atoms with E-state index in [2.05, 4.69) is 10.1 Å². The predicted octanol–water partition coefficient (Wildman–Crippen LogP) is 4.48. The quantitative estimate of drug-likeness (QED) is 0.214. The van der Waals surface area contributed by atoms with Gasteiger partial charge in [0.2, 0.25) is 5.17 Å². The number of nitro benzene ring substituents is 1. The second-order valence-corrected chi connectivity index (χ2v) is 8.66. The number of nitrogens with one attached hydrogen (secondary N) is 1. The Morgan fingerprint density at radius 3 is 2.58 bits per heavy atom. The van der Waals surface area contributed by atoms with E-state index in [1.54, 1.807) is 24.3 Å². The third kappa shape index (κ3) is 5.54. The molecule has 186 valence electrons. The molecule has 1 amide bonds. The van der Waals surface area contributed by atoms with Gasteiger partial charge in [0.15, 0.2) is 17.3 Å². The number of hydrogen-bond acceptors (Lipinski definition) is 9. The number of carbonyl (C=O) groups excluding carboxylic acids is 1. The van der Waals surface area contributed by atoms with E-state index in [4.69, 9.17) is 19.6 Å². The number of methoxy groups -OCH3 is 1. The molecule has 0 bridgehead atoms. The molecule has 12 heteroatoms. The molecule has 4 rings (SSSR count). The van der Waals surface area contributed by atoms with Crippen LogP contribution in [0.2, 0.25) is 0 Å². The van der Waals surface area contributed by atoms with Gasteiger partial charge in [0.05, 0.1) is 17.6 Å². The van der Waals surface area contributed by atoms with Gasteiger partial charge in [-0.1, -0.05) is 13.0 Å². The van der Waals surface area contributed by atoms with Crippen molar-refractivity contribution in [1.82, 2.24) is 5.01 Å². The van der Waals surface area contributed by atoms with Gasteiger partial charge in [-0.15, -0.1) is 0 Å². The van der Waals surface area contributed by atoms with Gasteiger partial charge in [0.1, 0.15) is 24.0 Å². The van der Waals surface area contributed by atoms with Crippen molar-refractivity contribution in [3.63, 3.8) is 0 Å². The smallest absolute Gasteiger partial charge is 0.283 e. The number of hydrogen-bond donors (Lipinski definition) is 1. The third-order valence-corrected chi connectivity index (χ3v) is 6.08. The van der Waals surface area contributed by atoms with E-state index < -0.39 is 10.8 Å². The number of nitrogens with zero attached hydrogens (tertiary/aromatic N) is 4. The molecule has 0 spiro atoms. The number of aliphatic imine (C=N–C) groups is 1. The number of benzene rings is 2. The first-order valence-corrected chi connectivity index (χ1v) is 11.9. The summed E-state index contributed by atoms with van der Waals surface area (Å²) in [6.07, 6.45) is 3.25. The van der Waals surface area contributed by atoms with E-state index in [0.29, 0.717) is 28.0 Å². The Balaban J connectivity index is 1.40. The maximum atomic E-state index is 12.6. The van der Waals surface area contributed by atoms with E-state index in [1.165, 1.54) is 48.1 Å². The number of fused-ring (bicyclic) bond motifs is 1. The minimum absolute atomic E-state index is 0.0102. The van der Waals surface area contributed by atoms with Gasteiger partial charge >= 0.3 is 0 Å². The summed E-state index contributed by atoms with van der Waals surface area (Å²) in [5.41, 5.74) is 0.759. The lowest BCUT2D eigenvalue weighted by atomic mass is 10.1. The molecule has 0 aromatic heterocycles. The highest BCUT2D eigenvalue weighted by atomic mass is 32.2. The van der Waals surface area contributed by atoms with E-state index in [1.807, 2.05) is 6.92 Å². The van der Waals surface area contributed by atoms with Crippen LogP contribution in [0, 0.1) is 15.5 Å². The standard InChI is InChI=1S/C24H23N5O6S/c1-3-4-21-27-28-22(25)18(23(30)26-24(28)36-21)13-15-5-10-19(20(14-15)33-2)35-12-11-34-17-8-6-16(7-9-17)29(31)32/h5-10,13-14,25H,3-4,11-12H2,1-2H3/b18-13-,25-22?. The maximum absolute atomic E-state index is 12.6. The molecule has 0 radical (unpaired) electrons. The number of rotatable bonds is 10. The second kappa shape index (κ2) is 11.0. The number of amides is 1. The van der Waals surface area contributed by atoms with Crippen LogP contribution in [0.1, 0.15) is 25.3 Å². The van der Waals surface area contributed by atoms with Gasteiger partial charge in [0, 0.05) is 12.1 Å². The highest BCUT2D eigenvalue weighted by molar-refractivity contribution is 8.26. The zero-order valence-corrected chi connectivity index (χ0v) is 20.4. The summed E-state index contributed by atoms with van der Waals surface area (Å²) < 4.78 is 16.7.